The molecule has 2 N–H and O–H groups in total. The molecule has 40 heavy (non-hydrogen) atoms. The molecule has 4 unspecified atom stereocenters. The number of nitrogens with two attached hydrogens (primary N) is 1. The Morgan fingerprint density at radius 3 is 1.82 bits per heavy atom. The summed E-state index contributed by atoms with van der Waals surface area (Å²) in [5.41, 5.74) is 10.4. The van der Waals surface area contributed by atoms with E-state index in [0.717, 1.165) is 16.7 Å². The van der Waals surface area contributed by atoms with Crippen LogP contribution in [0.3, 0.4) is 0 Å². The normalized spacial score (nSPS) is 20.7. The smallest absolute Gasteiger partial charge is 0.187 e. The first-order chi connectivity index (χ1) is 19.7. The topological polar surface area (TPSA) is 107 Å². The number of rotatable bonds is 11. The second-order valence-electron chi connectivity index (χ2n) is 9.69. The van der Waals surface area contributed by atoms with Gasteiger partial charge in [-0.2, -0.15) is 0 Å². The van der Waals surface area contributed by atoms with Crippen molar-refractivity contribution in [1.29, 1.82) is 0 Å². The van der Waals surface area contributed by atoms with Gasteiger partial charge in [0.15, 0.2) is 17.8 Å². The zero-order valence-electron chi connectivity index (χ0n) is 22.0. The molecular weight excluding hydrogens is 506 g/mol. The molecule has 0 radical (unpaired) electrons. The van der Waals surface area contributed by atoms with Gasteiger partial charge in [-0.25, -0.2) is 15.0 Å². The lowest BCUT2D eigenvalue weighted by molar-refractivity contribution is -0.187. The summed E-state index contributed by atoms with van der Waals surface area (Å²) in [4.78, 5) is 12.9. The number of imidazole rings is 1. The van der Waals surface area contributed by atoms with Crippen LogP contribution in [0, 0.1) is 0 Å². The quantitative estimate of drug-likeness (QED) is 0.262. The van der Waals surface area contributed by atoms with Gasteiger partial charge in [0.1, 0.15) is 30.2 Å². The minimum atomic E-state index is -0.649. The number of benzene rings is 3. The molecule has 204 valence electrons. The number of hydrogen-bond donors (Lipinski definition) is 1. The summed E-state index contributed by atoms with van der Waals surface area (Å²) >= 11 is 0. The van der Waals surface area contributed by atoms with Crippen molar-refractivity contribution in [2.75, 3.05) is 5.73 Å². The molecule has 1 aliphatic heterocycles. The SMILES string of the molecule is Nc1ncnc2c1ncn2CC1OC(OCc2ccccc2)C(OCc2ccccc2)C1OCc1ccccc1. The average molecular weight is 538 g/mol. The molecule has 4 atom stereocenters. The van der Waals surface area contributed by atoms with Crippen molar-refractivity contribution in [1.82, 2.24) is 19.5 Å². The number of nitrogens with zero attached hydrogens (tertiary/aromatic N) is 4. The van der Waals surface area contributed by atoms with Crippen LogP contribution in [0.5, 0.6) is 0 Å². The minimum absolute atomic E-state index is 0.334. The molecule has 3 aromatic carbocycles. The predicted molar refractivity (Wildman–Crippen MR) is 150 cm³/mol. The lowest BCUT2D eigenvalue weighted by Gasteiger charge is -2.25. The number of ether oxygens (including phenoxy) is 4. The lowest BCUT2D eigenvalue weighted by atomic mass is 10.1. The fourth-order valence-corrected chi connectivity index (χ4v) is 4.86. The van der Waals surface area contributed by atoms with E-state index in [1.165, 1.54) is 6.33 Å². The van der Waals surface area contributed by atoms with E-state index in [0.29, 0.717) is 43.3 Å². The standard InChI is InChI=1S/C31H31N5O4/c32-29-26-30(34-20-33-29)36(21-35-26)16-25-27(37-17-22-10-4-1-5-11-22)28(38-18-23-12-6-2-7-13-23)31(40-25)39-19-24-14-8-3-9-15-24/h1-15,20-21,25,27-28,31H,16-19H2,(H2,32,33,34). The highest BCUT2D eigenvalue weighted by Crippen LogP contribution is 2.31. The summed E-state index contributed by atoms with van der Waals surface area (Å²) in [5, 5.41) is 0. The molecule has 5 aromatic rings. The molecule has 0 saturated carbocycles. The zero-order valence-corrected chi connectivity index (χ0v) is 22.0. The maximum atomic E-state index is 6.55. The minimum Gasteiger partial charge on any atom is -0.382 e. The molecular formula is C31H31N5O4. The Bertz CT molecular complexity index is 1500. The highest BCUT2D eigenvalue weighted by atomic mass is 16.7. The third kappa shape index (κ3) is 6.03. The monoisotopic (exact) mass is 537 g/mol. The summed E-state index contributed by atoms with van der Waals surface area (Å²) in [6.45, 7) is 1.60. The largest absolute Gasteiger partial charge is 0.382 e. The summed E-state index contributed by atoms with van der Waals surface area (Å²) in [5.74, 6) is 0.334. The van der Waals surface area contributed by atoms with E-state index in [9.17, 15) is 0 Å². The maximum absolute atomic E-state index is 6.55. The molecule has 3 heterocycles. The number of anilines is 1. The Kier molecular flexibility index (Phi) is 8.06. The van der Waals surface area contributed by atoms with Gasteiger partial charge in [0.25, 0.3) is 0 Å². The second kappa shape index (κ2) is 12.4. The molecule has 1 aliphatic rings. The van der Waals surface area contributed by atoms with Gasteiger partial charge in [-0.3, -0.25) is 0 Å². The van der Waals surface area contributed by atoms with Crippen LogP contribution in [-0.4, -0.2) is 44.1 Å². The van der Waals surface area contributed by atoms with Crippen molar-refractivity contribution >= 4 is 17.0 Å². The van der Waals surface area contributed by atoms with Crippen LogP contribution in [0.4, 0.5) is 5.82 Å². The Labute approximate surface area is 232 Å². The van der Waals surface area contributed by atoms with Crippen LogP contribution in [-0.2, 0) is 45.3 Å². The second-order valence-corrected chi connectivity index (χ2v) is 9.69. The average Bonchev–Trinajstić information content (AvgIpc) is 3.57. The van der Waals surface area contributed by atoms with Gasteiger partial charge >= 0.3 is 0 Å². The van der Waals surface area contributed by atoms with Gasteiger partial charge < -0.3 is 29.2 Å². The van der Waals surface area contributed by atoms with Crippen molar-refractivity contribution in [2.45, 2.75) is 51.0 Å². The van der Waals surface area contributed by atoms with E-state index in [-0.39, 0.29) is 0 Å². The van der Waals surface area contributed by atoms with Crippen LogP contribution in [0.2, 0.25) is 0 Å². The molecule has 0 spiro atoms. The summed E-state index contributed by atoms with van der Waals surface area (Å²) in [6.07, 6.45) is 1.17. The molecule has 1 fully saturated rings. The Balaban J connectivity index is 1.28. The van der Waals surface area contributed by atoms with Gasteiger partial charge in [0.2, 0.25) is 0 Å². The highest BCUT2D eigenvalue weighted by Gasteiger charge is 2.47. The van der Waals surface area contributed by atoms with E-state index < -0.39 is 24.6 Å². The van der Waals surface area contributed by atoms with E-state index in [2.05, 4.69) is 15.0 Å². The number of nitrogen functional groups attached to an aromatic ring is 1. The molecule has 2 aromatic heterocycles. The van der Waals surface area contributed by atoms with E-state index in [4.69, 9.17) is 24.7 Å². The van der Waals surface area contributed by atoms with Crippen LogP contribution in [0.25, 0.3) is 11.2 Å². The first-order valence-electron chi connectivity index (χ1n) is 13.3. The van der Waals surface area contributed by atoms with Crippen molar-refractivity contribution in [3.05, 3.63) is 120 Å². The lowest BCUT2D eigenvalue weighted by Crippen LogP contribution is -2.39. The van der Waals surface area contributed by atoms with Crippen molar-refractivity contribution in [3.63, 3.8) is 0 Å². The number of fused-ring (bicyclic) bond motifs is 1. The number of aromatic nitrogens is 4. The maximum Gasteiger partial charge on any atom is 0.187 e. The molecule has 0 amide bonds. The zero-order chi connectivity index (χ0) is 27.1. The summed E-state index contributed by atoms with van der Waals surface area (Å²) in [6, 6.07) is 30.1. The fourth-order valence-electron chi connectivity index (χ4n) is 4.86. The van der Waals surface area contributed by atoms with Gasteiger partial charge in [0, 0.05) is 0 Å². The molecule has 0 bridgehead atoms. The highest BCUT2D eigenvalue weighted by molar-refractivity contribution is 5.81. The molecule has 6 rings (SSSR count). The first-order valence-corrected chi connectivity index (χ1v) is 13.3. The third-order valence-electron chi connectivity index (χ3n) is 6.90. The van der Waals surface area contributed by atoms with Gasteiger partial charge in [0.05, 0.1) is 32.7 Å². The van der Waals surface area contributed by atoms with E-state index in [1.807, 2.05) is 95.6 Å². The Morgan fingerprint density at radius 1 is 0.675 bits per heavy atom. The van der Waals surface area contributed by atoms with E-state index >= 15 is 0 Å². The fraction of sp³-hybridized carbons (Fsp3) is 0.258. The molecule has 9 nitrogen and oxygen atoms in total. The van der Waals surface area contributed by atoms with Crippen molar-refractivity contribution in [2.24, 2.45) is 0 Å². The summed E-state index contributed by atoms with van der Waals surface area (Å²) < 4.78 is 27.8. The van der Waals surface area contributed by atoms with Crippen LogP contribution < -0.4 is 5.73 Å². The Morgan fingerprint density at radius 2 is 1.23 bits per heavy atom. The van der Waals surface area contributed by atoms with Gasteiger partial charge in [-0.15, -0.1) is 0 Å². The molecule has 9 heteroatoms. The van der Waals surface area contributed by atoms with Crippen LogP contribution in [0.1, 0.15) is 16.7 Å². The van der Waals surface area contributed by atoms with E-state index in [1.54, 1.807) is 6.33 Å². The van der Waals surface area contributed by atoms with Crippen molar-refractivity contribution < 1.29 is 18.9 Å². The number of hydrogen-bond acceptors (Lipinski definition) is 8. The Hall–Kier alpha value is -4.15. The predicted octanol–water partition coefficient (Wildman–Crippen LogP) is 4.52. The van der Waals surface area contributed by atoms with Crippen LogP contribution >= 0.6 is 0 Å². The first kappa shape index (κ1) is 26.1. The van der Waals surface area contributed by atoms with Crippen molar-refractivity contribution in [3.8, 4) is 0 Å². The summed E-state index contributed by atoms with van der Waals surface area (Å²) in [7, 11) is 0. The molecule has 0 aliphatic carbocycles. The van der Waals surface area contributed by atoms with Gasteiger partial charge in [-0.1, -0.05) is 91.0 Å². The van der Waals surface area contributed by atoms with Crippen LogP contribution in [0.15, 0.2) is 104 Å². The third-order valence-corrected chi connectivity index (χ3v) is 6.90. The van der Waals surface area contributed by atoms with Gasteiger partial charge in [-0.05, 0) is 16.7 Å². The molecule has 1 saturated heterocycles.